The van der Waals surface area contributed by atoms with E-state index in [0.29, 0.717) is 0 Å². The van der Waals surface area contributed by atoms with Gasteiger partial charge in [0.05, 0.1) is 0 Å². The molecule has 0 nitrogen and oxygen atoms in total. The molecule has 212 valence electrons. The molecule has 3 aromatic carbocycles. The molecule has 0 heteroatoms. The highest BCUT2D eigenvalue weighted by molar-refractivity contribution is 5.62. The lowest BCUT2D eigenvalue weighted by molar-refractivity contribution is 0.736. The van der Waals surface area contributed by atoms with Gasteiger partial charge in [-0.2, -0.15) is 0 Å². The molecule has 0 heterocycles. The molecule has 3 rings (SSSR count). The van der Waals surface area contributed by atoms with Crippen molar-refractivity contribution in [2.75, 3.05) is 0 Å². The number of benzene rings is 3. The summed E-state index contributed by atoms with van der Waals surface area (Å²) >= 11 is 0. The summed E-state index contributed by atoms with van der Waals surface area (Å²) in [6.07, 6.45) is 1.25. The van der Waals surface area contributed by atoms with Crippen LogP contribution in [0.2, 0.25) is 0 Å². The Morgan fingerprint density at radius 1 is 0.324 bits per heavy atom. The number of rotatable bonds is 1. The van der Waals surface area contributed by atoms with Crippen LogP contribution in [-0.2, 0) is 0 Å². The Labute approximate surface area is 235 Å². The summed E-state index contributed by atoms with van der Waals surface area (Å²) in [5.41, 5.74) is 2.55. The van der Waals surface area contributed by atoms with Crippen LogP contribution in [0, 0.1) is 23.7 Å². The summed E-state index contributed by atoms with van der Waals surface area (Å²) < 4.78 is 0. The predicted molar refractivity (Wildman–Crippen MR) is 176 cm³/mol. The van der Waals surface area contributed by atoms with Crippen molar-refractivity contribution in [1.29, 1.82) is 0 Å². The first-order valence-electron chi connectivity index (χ1n) is 14.4. The van der Waals surface area contributed by atoms with Crippen molar-refractivity contribution in [2.24, 2.45) is 23.7 Å². The van der Waals surface area contributed by atoms with E-state index in [2.05, 4.69) is 145 Å². The van der Waals surface area contributed by atoms with Crippen LogP contribution in [0.1, 0.15) is 103 Å². The van der Waals surface area contributed by atoms with E-state index in [-0.39, 0.29) is 0 Å². The van der Waals surface area contributed by atoms with E-state index < -0.39 is 0 Å². The van der Waals surface area contributed by atoms with Gasteiger partial charge in [-0.15, -0.1) is 0 Å². The first-order valence-corrected chi connectivity index (χ1v) is 14.4. The smallest absolute Gasteiger partial charge is 0.0184 e. The molecular weight excluding hydrogens is 444 g/mol. The monoisotopic (exact) mass is 509 g/mol. The molecule has 0 N–H and O–H groups in total. The van der Waals surface area contributed by atoms with Crippen LogP contribution in [0.4, 0.5) is 0 Å². The predicted octanol–water partition coefficient (Wildman–Crippen LogP) is 13.1. The number of hydrogen-bond acceptors (Lipinski definition) is 0. The SMILES string of the molecule is CC(C)C.CC(C)C.CC(C)C.CC(C)C.CCC.c1ccc(-c2ccccc2)cc1.c1ccccc1. The van der Waals surface area contributed by atoms with Gasteiger partial charge in [-0.3, -0.25) is 0 Å². The minimum Gasteiger partial charge on any atom is -0.0656 e. The van der Waals surface area contributed by atoms with Crippen molar-refractivity contribution in [3.8, 4) is 11.1 Å². The van der Waals surface area contributed by atoms with Crippen LogP contribution in [0.15, 0.2) is 97.1 Å². The molecule has 0 saturated carbocycles. The second-order valence-electron chi connectivity index (χ2n) is 11.5. The highest BCUT2D eigenvalue weighted by Crippen LogP contribution is 2.17. The van der Waals surface area contributed by atoms with Gasteiger partial charge in [0.25, 0.3) is 0 Å². The highest BCUT2D eigenvalue weighted by atomic mass is 14.0. The van der Waals surface area contributed by atoms with Crippen LogP contribution in [0.5, 0.6) is 0 Å². The Morgan fingerprint density at radius 2 is 0.432 bits per heavy atom. The summed E-state index contributed by atoms with van der Waals surface area (Å²) in [5, 5.41) is 0. The van der Waals surface area contributed by atoms with Crippen molar-refractivity contribution in [2.45, 2.75) is 103 Å². The molecule has 0 fully saturated rings. The lowest BCUT2D eigenvalue weighted by atomic mass is 10.1. The minimum atomic E-state index is 0.833. The first-order chi connectivity index (χ1) is 17.3. The van der Waals surface area contributed by atoms with E-state index in [1.165, 1.54) is 17.5 Å². The average molecular weight is 509 g/mol. The topological polar surface area (TPSA) is 0 Å². The lowest BCUT2D eigenvalue weighted by Gasteiger charge is -1.98. The summed E-state index contributed by atoms with van der Waals surface area (Å²) in [6, 6.07) is 32.8. The van der Waals surface area contributed by atoms with Crippen LogP contribution >= 0.6 is 0 Å². The van der Waals surface area contributed by atoms with Gasteiger partial charge in [0.1, 0.15) is 0 Å². The number of hydrogen-bond donors (Lipinski definition) is 0. The zero-order chi connectivity index (χ0) is 29.5. The van der Waals surface area contributed by atoms with Crippen LogP contribution in [0.25, 0.3) is 11.1 Å². The lowest BCUT2D eigenvalue weighted by Crippen LogP contribution is -1.73. The van der Waals surface area contributed by atoms with E-state index in [4.69, 9.17) is 0 Å². The average Bonchev–Trinajstić information content (AvgIpc) is 2.81. The molecule has 0 bridgehead atoms. The van der Waals surface area contributed by atoms with Gasteiger partial charge in [0.2, 0.25) is 0 Å². The third-order valence-electron chi connectivity index (χ3n) is 2.55. The fourth-order valence-electron chi connectivity index (χ4n) is 1.65. The van der Waals surface area contributed by atoms with Gasteiger partial charge in [-0.25, -0.2) is 0 Å². The van der Waals surface area contributed by atoms with Crippen molar-refractivity contribution in [3.05, 3.63) is 97.1 Å². The fourth-order valence-corrected chi connectivity index (χ4v) is 1.65. The zero-order valence-electron chi connectivity index (χ0n) is 27.3. The van der Waals surface area contributed by atoms with E-state index in [9.17, 15) is 0 Å². The van der Waals surface area contributed by atoms with Crippen molar-refractivity contribution in [3.63, 3.8) is 0 Å². The minimum absolute atomic E-state index is 0.833. The maximum Gasteiger partial charge on any atom is -0.0184 e. The summed E-state index contributed by atoms with van der Waals surface area (Å²) in [7, 11) is 0. The van der Waals surface area contributed by atoms with Gasteiger partial charge in [0.15, 0.2) is 0 Å². The van der Waals surface area contributed by atoms with Gasteiger partial charge in [-0.05, 0) is 34.8 Å². The molecule has 0 unspecified atom stereocenters. The Morgan fingerprint density at radius 3 is 0.568 bits per heavy atom. The molecular formula is C37H64. The molecule has 0 aliphatic heterocycles. The Bertz CT molecular complexity index is 611. The second-order valence-corrected chi connectivity index (χ2v) is 11.5. The quantitative estimate of drug-likeness (QED) is 0.306. The van der Waals surface area contributed by atoms with Crippen LogP contribution < -0.4 is 0 Å². The van der Waals surface area contributed by atoms with Gasteiger partial charge in [-0.1, -0.05) is 200 Å². The van der Waals surface area contributed by atoms with E-state index in [0.717, 1.165) is 23.7 Å². The third-order valence-corrected chi connectivity index (χ3v) is 2.55. The molecule has 0 spiro atoms. The van der Waals surface area contributed by atoms with Crippen LogP contribution in [-0.4, -0.2) is 0 Å². The Balaban J connectivity index is -0.000000187. The molecule has 0 aliphatic rings. The van der Waals surface area contributed by atoms with E-state index >= 15 is 0 Å². The third kappa shape index (κ3) is 60.3. The molecule has 0 atom stereocenters. The van der Waals surface area contributed by atoms with Crippen molar-refractivity contribution >= 4 is 0 Å². The van der Waals surface area contributed by atoms with Gasteiger partial charge >= 0.3 is 0 Å². The summed E-state index contributed by atoms with van der Waals surface area (Å²) in [4.78, 5) is 0. The summed E-state index contributed by atoms with van der Waals surface area (Å²) in [5.74, 6) is 3.33. The fraction of sp³-hybridized carbons (Fsp3) is 0.514. The Kier molecular flexibility index (Phi) is 38.0. The van der Waals surface area contributed by atoms with Gasteiger partial charge < -0.3 is 0 Å². The standard InChI is InChI=1S/C12H10.C6H6.4C4H10.C3H8/c1-3-7-11(8-4-1)12-9-5-2-6-10-12;1-2-4-6-5-3-1;4*1-4(2)3;1-3-2/h1-10H;1-6H;4*4H,1-3H3;3H2,1-2H3. The molecule has 0 radical (unpaired) electrons. The van der Waals surface area contributed by atoms with Crippen LogP contribution in [0.3, 0.4) is 0 Å². The van der Waals surface area contributed by atoms with Crippen molar-refractivity contribution in [1.82, 2.24) is 0 Å². The molecule has 37 heavy (non-hydrogen) atoms. The Hall–Kier alpha value is -2.34. The molecule has 0 amide bonds. The zero-order valence-corrected chi connectivity index (χ0v) is 27.3. The van der Waals surface area contributed by atoms with Crippen molar-refractivity contribution < 1.29 is 0 Å². The maximum absolute atomic E-state index is 2.17. The molecule has 3 aromatic rings. The molecule has 0 aliphatic carbocycles. The molecule has 0 saturated heterocycles. The van der Waals surface area contributed by atoms with E-state index in [1.54, 1.807) is 0 Å². The van der Waals surface area contributed by atoms with E-state index in [1.807, 2.05) is 48.5 Å². The summed E-state index contributed by atoms with van der Waals surface area (Å²) in [6.45, 7) is 30.3. The normalized spacial score (nSPS) is 8.81. The largest absolute Gasteiger partial charge is 0.0656 e. The highest BCUT2D eigenvalue weighted by Gasteiger charge is 1.91. The van der Waals surface area contributed by atoms with Gasteiger partial charge in [0, 0.05) is 0 Å². The first kappa shape index (κ1) is 41.8. The molecule has 0 aromatic heterocycles. The second kappa shape index (κ2) is 33.7. The maximum atomic E-state index is 2.17.